The lowest BCUT2D eigenvalue weighted by atomic mass is 9.97. The maximum atomic E-state index is 12.8. The van der Waals surface area contributed by atoms with Gasteiger partial charge in [0, 0.05) is 0 Å². The minimum atomic E-state index is -0.120. The van der Waals surface area contributed by atoms with Gasteiger partial charge in [-0.05, 0) is 36.5 Å². The van der Waals surface area contributed by atoms with E-state index in [4.69, 9.17) is 0 Å². The van der Waals surface area contributed by atoms with Crippen LogP contribution in [0.15, 0.2) is 24.3 Å². The average Bonchev–Trinajstić information content (AvgIpc) is 2.15. The van der Waals surface area contributed by atoms with E-state index >= 15 is 0 Å². The van der Waals surface area contributed by atoms with Gasteiger partial charge in [0.05, 0.1) is 0 Å². The Labute approximate surface area is 86.2 Å². The van der Waals surface area contributed by atoms with Gasteiger partial charge in [-0.25, -0.2) is 4.39 Å². The van der Waals surface area contributed by atoms with Crippen LogP contribution in [0.1, 0.15) is 38.7 Å². The number of halogens is 1. The van der Waals surface area contributed by atoms with Crippen molar-refractivity contribution in [2.45, 2.75) is 39.5 Å². The van der Waals surface area contributed by atoms with E-state index < -0.39 is 0 Å². The molecule has 0 N–H and O–H groups in total. The van der Waals surface area contributed by atoms with E-state index in [1.54, 1.807) is 12.1 Å². The molecule has 14 heavy (non-hydrogen) atoms. The number of hydrogen-bond donors (Lipinski definition) is 0. The Kier molecular flexibility index (Phi) is 4.64. The third-order valence-corrected chi connectivity index (χ3v) is 2.60. The van der Waals surface area contributed by atoms with Gasteiger partial charge in [0.25, 0.3) is 0 Å². The van der Waals surface area contributed by atoms with E-state index in [0.717, 1.165) is 24.3 Å². The van der Waals surface area contributed by atoms with E-state index in [0.29, 0.717) is 0 Å². The summed E-state index contributed by atoms with van der Waals surface area (Å²) in [6, 6.07) is 6.93. The van der Waals surface area contributed by atoms with Gasteiger partial charge in [0.1, 0.15) is 5.82 Å². The van der Waals surface area contributed by atoms with Gasteiger partial charge in [-0.2, -0.15) is 0 Å². The average molecular weight is 194 g/mol. The fourth-order valence-corrected chi connectivity index (χ4v) is 1.74. The van der Waals surface area contributed by atoms with E-state index in [9.17, 15) is 4.39 Å². The molecule has 0 unspecified atom stereocenters. The Balaban J connectivity index is 2.37. The summed E-state index contributed by atoms with van der Waals surface area (Å²) in [4.78, 5) is 0. The standard InChI is InChI=1S/C13H19F/c1-3-5-11(2)8-9-12-6-4-7-13(14)10-12/h4,6-7,10-11H,3,5,8-9H2,1-2H3/t11-/m1/s1. The van der Waals surface area contributed by atoms with Crippen LogP contribution in [0, 0.1) is 11.7 Å². The number of benzene rings is 1. The summed E-state index contributed by atoms with van der Waals surface area (Å²) in [5.41, 5.74) is 1.12. The highest BCUT2D eigenvalue weighted by molar-refractivity contribution is 5.16. The highest BCUT2D eigenvalue weighted by atomic mass is 19.1. The molecule has 1 atom stereocenters. The van der Waals surface area contributed by atoms with Crippen LogP contribution < -0.4 is 0 Å². The van der Waals surface area contributed by atoms with Crippen molar-refractivity contribution in [3.8, 4) is 0 Å². The second-order valence-electron chi connectivity index (χ2n) is 4.06. The lowest BCUT2D eigenvalue weighted by molar-refractivity contribution is 0.486. The zero-order chi connectivity index (χ0) is 10.4. The molecule has 0 spiro atoms. The van der Waals surface area contributed by atoms with E-state index in [1.165, 1.54) is 18.9 Å². The number of aryl methyl sites for hydroxylation is 1. The molecule has 0 fully saturated rings. The van der Waals surface area contributed by atoms with Crippen molar-refractivity contribution in [3.63, 3.8) is 0 Å². The van der Waals surface area contributed by atoms with Gasteiger partial charge in [-0.3, -0.25) is 0 Å². The molecule has 78 valence electrons. The summed E-state index contributed by atoms with van der Waals surface area (Å²) in [5.74, 6) is 0.633. The minimum absolute atomic E-state index is 0.120. The van der Waals surface area contributed by atoms with Crippen LogP contribution in [-0.2, 0) is 6.42 Å². The molecule has 0 aliphatic rings. The van der Waals surface area contributed by atoms with Crippen molar-refractivity contribution in [3.05, 3.63) is 35.6 Å². The van der Waals surface area contributed by atoms with Crippen LogP contribution in [0.4, 0.5) is 4.39 Å². The monoisotopic (exact) mass is 194 g/mol. The first-order chi connectivity index (χ1) is 6.72. The molecule has 0 saturated carbocycles. The number of rotatable bonds is 5. The molecule has 0 nitrogen and oxygen atoms in total. The van der Waals surface area contributed by atoms with Crippen LogP contribution in [0.2, 0.25) is 0 Å². The third-order valence-electron chi connectivity index (χ3n) is 2.60. The Hall–Kier alpha value is -0.850. The van der Waals surface area contributed by atoms with Crippen LogP contribution in [-0.4, -0.2) is 0 Å². The molecule has 0 heterocycles. The smallest absolute Gasteiger partial charge is 0.123 e. The van der Waals surface area contributed by atoms with Gasteiger partial charge in [-0.15, -0.1) is 0 Å². The van der Waals surface area contributed by atoms with Gasteiger partial charge in [0.15, 0.2) is 0 Å². The Morgan fingerprint density at radius 1 is 1.29 bits per heavy atom. The minimum Gasteiger partial charge on any atom is -0.207 e. The van der Waals surface area contributed by atoms with E-state index in [2.05, 4.69) is 13.8 Å². The Morgan fingerprint density at radius 2 is 2.07 bits per heavy atom. The second-order valence-corrected chi connectivity index (χ2v) is 4.06. The van der Waals surface area contributed by atoms with Crippen LogP contribution in [0.3, 0.4) is 0 Å². The Bertz CT molecular complexity index is 268. The zero-order valence-electron chi connectivity index (χ0n) is 9.09. The highest BCUT2D eigenvalue weighted by Gasteiger charge is 2.01. The lowest BCUT2D eigenvalue weighted by Crippen LogP contribution is -1.97. The van der Waals surface area contributed by atoms with E-state index in [-0.39, 0.29) is 5.82 Å². The van der Waals surface area contributed by atoms with Crippen LogP contribution in [0.25, 0.3) is 0 Å². The molecule has 0 aliphatic heterocycles. The normalized spacial score (nSPS) is 12.8. The van der Waals surface area contributed by atoms with Crippen molar-refractivity contribution >= 4 is 0 Å². The molecule has 0 amide bonds. The molecule has 0 radical (unpaired) electrons. The molecular formula is C13H19F. The summed E-state index contributed by atoms with van der Waals surface area (Å²) in [7, 11) is 0. The quantitative estimate of drug-likeness (QED) is 0.659. The van der Waals surface area contributed by atoms with E-state index in [1.807, 2.05) is 6.07 Å². The first-order valence-corrected chi connectivity index (χ1v) is 5.46. The van der Waals surface area contributed by atoms with Crippen molar-refractivity contribution < 1.29 is 4.39 Å². The van der Waals surface area contributed by atoms with Crippen molar-refractivity contribution in [2.24, 2.45) is 5.92 Å². The van der Waals surface area contributed by atoms with Crippen LogP contribution in [0.5, 0.6) is 0 Å². The molecule has 1 aromatic carbocycles. The summed E-state index contributed by atoms with van der Waals surface area (Å²) in [6.45, 7) is 4.47. The molecule has 0 aromatic heterocycles. The van der Waals surface area contributed by atoms with Gasteiger partial charge in [0.2, 0.25) is 0 Å². The van der Waals surface area contributed by atoms with Crippen molar-refractivity contribution in [1.29, 1.82) is 0 Å². The van der Waals surface area contributed by atoms with Gasteiger partial charge < -0.3 is 0 Å². The largest absolute Gasteiger partial charge is 0.207 e. The van der Waals surface area contributed by atoms with Crippen molar-refractivity contribution in [2.75, 3.05) is 0 Å². The molecule has 0 bridgehead atoms. The summed E-state index contributed by atoms with van der Waals surface area (Å²) in [5, 5.41) is 0. The highest BCUT2D eigenvalue weighted by Crippen LogP contribution is 2.14. The fraction of sp³-hybridized carbons (Fsp3) is 0.538. The molecule has 1 aromatic rings. The second kappa shape index (κ2) is 5.79. The lowest BCUT2D eigenvalue weighted by Gasteiger charge is -2.09. The van der Waals surface area contributed by atoms with Gasteiger partial charge >= 0.3 is 0 Å². The molecule has 0 aliphatic carbocycles. The predicted octanol–water partition coefficient (Wildman–Crippen LogP) is 4.19. The first-order valence-electron chi connectivity index (χ1n) is 5.46. The van der Waals surface area contributed by atoms with Gasteiger partial charge in [-0.1, -0.05) is 38.8 Å². The summed E-state index contributed by atoms with van der Waals surface area (Å²) in [6.07, 6.45) is 4.68. The predicted molar refractivity (Wildman–Crippen MR) is 58.8 cm³/mol. The van der Waals surface area contributed by atoms with Crippen molar-refractivity contribution in [1.82, 2.24) is 0 Å². The first kappa shape index (κ1) is 11.2. The maximum absolute atomic E-state index is 12.8. The Morgan fingerprint density at radius 3 is 2.71 bits per heavy atom. The topological polar surface area (TPSA) is 0 Å². The van der Waals surface area contributed by atoms with Crippen LogP contribution >= 0.6 is 0 Å². The number of hydrogen-bond acceptors (Lipinski definition) is 0. The SMILES string of the molecule is CCC[C@@H](C)CCc1cccc(F)c1. The maximum Gasteiger partial charge on any atom is 0.123 e. The fourth-order valence-electron chi connectivity index (χ4n) is 1.74. The zero-order valence-corrected chi connectivity index (χ0v) is 9.09. The molecule has 0 saturated heterocycles. The third kappa shape index (κ3) is 3.91. The molecule has 1 heteroatoms. The molecular weight excluding hydrogens is 175 g/mol. The molecule has 1 rings (SSSR count). The summed E-state index contributed by atoms with van der Waals surface area (Å²) < 4.78 is 12.8. The summed E-state index contributed by atoms with van der Waals surface area (Å²) >= 11 is 0.